The van der Waals surface area contributed by atoms with Gasteiger partial charge in [-0.1, -0.05) is 6.07 Å². The Labute approximate surface area is 100 Å². The molecule has 16 heavy (non-hydrogen) atoms. The minimum absolute atomic E-state index is 0.219. The lowest BCUT2D eigenvalue weighted by molar-refractivity contribution is -0.139. The van der Waals surface area contributed by atoms with Crippen LogP contribution in [-0.4, -0.2) is 20.2 Å². The number of esters is 1. The van der Waals surface area contributed by atoms with E-state index in [1.165, 1.54) is 7.11 Å². The summed E-state index contributed by atoms with van der Waals surface area (Å²) < 4.78 is 9.88. The molecule has 0 amide bonds. The van der Waals surface area contributed by atoms with Crippen LogP contribution in [0.15, 0.2) is 12.1 Å². The number of carbonyl (C=O) groups excluding carboxylic acids is 1. The van der Waals surface area contributed by atoms with Gasteiger partial charge in [-0.2, -0.15) is 0 Å². The molecule has 0 heterocycles. The van der Waals surface area contributed by atoms with E-state index in [0.717, 1.165) is 16.7 Å². The Morgan fingerprint density at radius 3 is 2.56 bits per heavy atom. The van der Waals surface area contributed by atoms with Crippen molar-refractivity contribution in [1.82, 2.24) is 0 Å². The third-order valence-electron chi connectivity index (χ3n) is 2.36. The van der Waals surface area contributed by atoms with Crippen LogP contribution in [0, 0.1) is 6.92 Å². The molecular weight excluding hydrogens is 228 g/mol. The van der Waals surface area contributed by atoms with Gasteiger partial charge in [0, 0.05) is 5.56 Å². The van der Waals surface area contributed by atoms with Gasteiger partial charge in [0.2, 0.25) is 0 Å². The zero-order valence-corrected chi connectivity index (χ0v) is 10.4. The summed E-state index contributed by atoms with van der Waals surface area (Å²) in [6.07, 6.45) is 0.219. The first-order valence-corrected chi connectivity index (χ1v) is 5.45. The van der Waals surface area contributed by atoms with Crippen LogP contribution in [0.5, 0.6) is 5.75 Å². The maximum absolute atomic E-state index is 11.3. The molecule has 0 aromatic heterocycles. The maximum Gasteiger partial charge on any atom is 0.309 e. The topological polar surface area (TPSA) is 35.5 Å². The molecule has 0 radical (unpaired) electrons. The molecule has 0 saturated heterocycles. The fourth-order valence-electron chi connectivity index (χ4n) is 1.57. The lowest BCUT2D eigenvalue weighted by Crippen LogP contribution is -2.07. The molecule has 4 heteroatoms. The molecule has 1 aromatic rings. The molecule has 0 N–H and O–H groups in total. The fraction of sp³-hybridized carbons (Fsp3) is 0.417. The van der Waals surface area contributed by atoms with Crippen molar-refractivity contribution in [3.63, 3.8) is 0 Å². The number of halogens is 1. The molecule has 0 aliphatic rings. The quantitative estimate of drug-likeness (QED) is 0.601. The number of methoxy groups -OCH3 is 2. The lowest BCUT2D eigenvalue weighted by atomic mass is 10.0. The predicted molar refractivity (Wildman–Crippen MR) is 63.0 cm³/mol. The summed E-state index contributed by atoms with van der Waals surface area (Å²) in [6.45, 7) is 1.95. The van der Waals surface area contributed by atoms with E-state index in [0.29, 0.717) is 11.6 Å². The summed E-state index contributed by atoms with van der Waals surface area (Å²) in [7, 11) is 2.96. The van der Waals surface area contributed by atoms with Gasteiger partial charge < -0.3 is 9.47 Å². The first-order valence-electron chi connectivity index (χ1n) is 4.91. The predicted octanol–water partition coefficient (Wildman–Crippen LogP) is 2.46. The van der Waals surface area contributed by atoms with Gasteiger partial charge in [-0.3, -0.25) is 4.79 Å². The van der Waals surface area contributed by atoms with E-state index in [9.17, 15) is 4.79 Å². The molecule has 0 spiro atoms. The largest absolute Gasteiger partial charge is 0.496 e. The Kier molecular flexibility index (Phi) is 4.62. The third kappa shape index (κ3) is 2.89. The Balaban J connectivity index is 3.14. The van der Waals surface area contributed by atoms with Crippen LogP contribution in [-0.2, 0) is 21.8 Å². The number of hydrogen-bond donors (Lipinski definition) is 0. The summed E-state index contributed by atoms with van der Waals surface area (Å²) in [5, 5.41) is 0. The zero-order chi connectivity index (χ0) is 12.1. The zero-order valence-electron chi connectivity index (χ0n) is 9.67. The number of alkyl halides is 1. The van der Waals surface area contributed by atoms with Crippen molar-refractivity contribution in [2.75, 3.05) is 14.2 Å². The van der Waals surface area contributed by atoms with Crippen molar-refractivity contribution in [1.29, 1.82) is 0 Å². The second-order valence-electron chi connectivity index (χ2n) is 3.49. The smallest absolute Gasteiger partial charge is 0.309 e. The number of carbonyl (C=O) groups is 1. The van der Waals surface area contributed by atoms with E-state index in [2.05, 4.69) is 4.74 Å². The van der Waals surface area contributed by atoms with Crippen LogP contribution in [0.2, 0.25) is 0 Å². The van der Waals surface area contributed by atoms with Crippen LogP contribution in [0.3, 0.4) is 0 Å². The number of benzene rings is 1. The van der Waals surface area contributed by atoms with Crippen LogP contribution in [0.25, 0.3) is 0 Å². The molecule has 0 fully saturated rings. The van der Waals surface area contributed by atoms with E-state index in [1.807, 2.05) is 19.1 Å². The average molecular weight is 243 g/mol. The maximum atomic E-state index is 11.3. The highest BCUT2D eigenvalue weighted by Crippen LogP contribution is 2.26. The number of rotatable bonds is 4. The molecule has 0 aliphatic heterocycles. The van der Waals surface area contributed by atoms with Gasteiger partial charge in [0.25, 0.3) is 0 Å². The minimum atomic E-state index is -0.279. The Bertz CT molecular complexity index is 388. The van der Waals surface area contributed by atoms with Gasteiger partial charge in [-0.15, -0.1) is 11.6 Å². The monoisotopic (exact) mass is 242 g/mol. The highest BCUT2D eigenvalue weighted by Gasteiger charge is 2.13. The van der Waals surface area contributed by atoms with Gasteiger partial charge in [0.15, 0.2) is 0 Å². The molecule has 1 aromatic carbocycles. The highest BCUT2D eigenvalue weighted by molar-refractivity contribution is 6.17. The van der Waals surface area contributed by atoms with Crippen molar-refractivity contribution in [2.45, 2.75) is 19.2 Å². The Morgan fingerprint density at radius 2 is 2.06 bits per heavy atom. The SMILES string of the molecule is COC(=O)Cc1cc(C)cc(OC)c1CCl. The van der Waals surface area contributed by atoms with Crippen LogP contribution in [0.4, 0.5) is 0 Å². The Hall–Kier alpha value is -1.22. The highest BCUT2D eigenvalue weighted by atomic mass is 35.5. The second-order valence-corrected chi connectivity index (χ2v) is 3.76. The van der Waals surface area contributed by atoms with Crippen molar-refractivity contribution < 1.29 is 14.3 Å². The molecule has 3 nitrogen and oxygen atoms in total. The van der Waals surface area contributed by atoms with Gasteiger partial charge in [-0.25, -0.2) is 0 Å². The minimum Gasteiger partial charge on any atom is -0.496 e. The summed E-state index contributed by atoms with van der Waals surface area (Å²) in [6, 6.07) is 3.83. The number of hydrogen-bond acceptors (Lipinski definition) is 3. The molecule has 0 bridgehead atoms. The average Bonchev–Trinajstić information content (AvgIpc) is 2.28. The van der Waals surface area contributed by atoms with Gasteiger partial charge >= 0.3 is 5.97 Å². The Morgan fingerprint density at radius 1 is 1.38 bits per heavy atom. The molecule has 0 saturated carbocycles. The summed E-state index contributed by atoms with van der Waals surface area (Å²) in [5.74, 6) is 0.753. The third-order valence-corrected chi connectivity index (χ3v) is 2.63. The normalized spacial score (nSPS) is 10.0. The molecule has 88 valence electrons. The molecule has 0 aliphatic carbocycles. The van der Waals surface area contributed by atoms with E-state index >= 15 is 0 Å². The van der Waals surface area contributed by atoms with Crippen molar-refractivity contribution in [3.8, 4) is 5.75 Å². The van der Waals surface area contributed by atoms with Crippen molar-refractivity contribution >= 4 is 17.6 Å². The van der Waals surface area contributed by atoms with Gasteiger partial charge in [0.05, 0.1) is 26.5 Å². The van der Waals surface area contributed by atoms with E-state index in [4.69, 9.17) is 16.3 Å². The fourth-order valence-corrected chi connectivity index (χ4v) is 1.88. The van der Waals surface area contributed by atoms with Crippen LogP contribution >= 0.6 is 11.6 Å². The molecule has 0 atom stereocenters. The van der Waals surface area contributed by atoms with E-state index in [-0.39, 0.29) is 12.4 Å². The molecule has 0 unspecified atom stereocenters. The standard InChI is InChI=1S/C12H15ClO3/c1-8-4-9(6-12(14)16-3)10(7-13)11(5-8)15-2/h4-5H,6-7H2,1-3H3. The summed E-state index contributed by atoms with van der Waals surface area (Å²) in [5.41, 5.74) is 2.74. The van der Waals surface area contributed by atoms with E-state index < -0.39 is 0 Å². The number of aryl methyl sites for hydroxylation is 1. The lowest BCUT2D eigenvalue weighted by Gasteiger charge is -2.12. The first-order chi connectivity index (χ1) is 7.62. The van der Waals surface area contributed by atoms with Crippen LogP contribution < -0.4 is 4.74 Å². The number of ether oxygens (including phenoxy) is 2. The van der Waals surface area contributed by atoms with Gasteiger partial charge in [0.1, 0.15) is 5.75 Å². The van der Waals surface area contributed by atoms with Crippen molar-refractivity contribution in [3.05, 3.63) is 28.8 Å². The van der Waals surface area contributed by atoms with Crippen molar-refractivity contribution in [2.24, 2.45) is 0 Å². The summed E-state index contributed by atoms with van der Waals surface area (Å²) >= 11 is 5.86. The van der Waals surface area contributed by atoms with Gasteiger partial charge in [-0.05, 0) is 24.1 Å². The second kappa shape index (κ2) is 5.75. The van der Waals surface area contributed by atoms with Crippen LogP contribution in [0.1, 0.15) is 16.7 Å². The summed E-state index contributed by atoms with van der Waals surface area (Å²) in [4.78, 5) is 11.3. The first kappa shape index (κ1) is 12.8. The molecular formula is C12H15ClO3. The molecule has 1 rings (SSSR count). The van der Waals surface area contributed by atoms with E-state index in [1.54, 1.807) is 7.11 Å².